The zero-order valence-electron chi connectivity index (χ0n) is 9.52. The van der Waals surface area contributed by atoms with Crippen molar-refractivity contribution in [1.82, 2.24) is 4.90 Å². The van der Waals surface area contributed by atoms with Crippen molar-refractivity contribution in [2.45, 2.75) is 38.0 Å². The van der Waals surface area contributed by atoms with Crippen LogP contribution >= 0.6 is 0 Å². The summed E-state index contributed by atoms with van der Waals surface area (Å²) in [6.07, 6.45) is 2.41. The normalized spacial score (nSPS) is 40.0. The molecule has 0 aromatic carbocycles. The van der Waals surface area contributed by atoms with Gasteiger partial charge < -0.3 is 15.2 Å². The Morgan fingerprint density at radius 1 is 1.33 bits per heavy atom. The summed E-state index contributed by atoms with van der Waals surface area (Å²) in [5, 5.41) is 0. The fraction of sp³-hybridized carbons (Fsp3) is 1.00. The van der Waals surface area contributed by atoms with E-state index in [1.807, 2.05) is 0 Å². The summed E-state index contributed by atoms with van der Waals surface area (Å²) in [5.41, 5.74) is 6.14. The van der Waals surface area contributed by atoms with Gasteiger partial charge in [-0.1, -0.05) is 0 Å². The van der Waals surface area contributed by atoms with Gasteiger partial charge in [-0.3, -0.25) is 4.90 Å². The molecule has 0 amide bonds. The molecule has 2 saturated heterocycles. The molecule has 88 valence electrons. The van der Waals surface area contributed by atoms with Gasteiger partial charge in [0, 0.05) is 38.4 Å². The van der Waals surface area contributed by atoms with Crippen molar-refractivity contribution in [2.24, 2.45) is 5.73 Å². The van der Waals surface area contributed by atoms with E-state index in [2.05, 4.69) is 11.8 Å². The molecule has 4 heteroatoms. The predicted molar refractivity (Wildman–Crippen MR) is 58.8 cm³/mol. The highest BCUT2D eigenvalue weighted by molar-refractivity contribution is 4.86. The van der Waals surface area contributed by atoms with Crippen LogP contribution in [-0.2, 0) is 9.47 Å². The second-order valence-electron chi connectivity index (χ2n) is 4.62. The average molecular weight is 214 g/mol. The fourth-order valence-corrected chi connectivity index (χ4v) is 2.44. The Bertz CT molecular complexity index is 201. The van der Waals surface area contributed by atoms with Gasteiger partial charge in [-0.25, -0.2) is 0 Å². The molecular formula is C11H22N2O2. The van der Waals surface area contributed by atoms with Gasteiger partial charge in [0.05, 0.1) is 12.7 Å². The molecule has 0 aliphatic carbocycles. The molecule has 2 N–H and O–H groups in total. The van der Waals surface area contributed by atoms with Gasteiger partial charge in [0.15, 0.2) is 0 Å². The molecule has 0 aromatic rings. The van der Waals surface area contributed by atoms with Gasteiger partial charge in [0.2, 0.25) is 0 Å². The van der Waals surface area contributed by atoms with E-state index in [0.717, 1.165) is 45.8 Å². The van der Waals surface area contributed by atoms with Gasteiger partial charge in [-0.2, -0.15) is 0 Å². The van der Waals surface area contributed by atoms with Crippen LogP contribution < -0.4 is 5.73 Å². The lowest BCUT2D eigenvalue weighted by Crippen LogP contribution is -2.54. The van der Waals surface area contributed by atoms with Crippen LogP contribution in [0.5, 0.6) is 0 Å². The van der Waals surface area contributed by atoms with Crippen molar-refractivity contribution in [3.8, 4) is 0 Å². The number of rotatable bonds is 1. The number of hydrogen-bond acceptors (Lipinski definition) is 4. The minimum absolute atomic E-state index is 0.268. The Balaban J connectivity index is 1.94. The summed E-state index contributed by atoms with van der Waals surface area (Å²) in [6.45, 7) is 6.69. The third-order valence-electron chi connectivity index (χ3n) is 3.33. The number of ether oxygens (including phenoxy) is 2. The van der Waals surface area contributed by atoms with Crippen molar-refractivity contribution in [1.29, 1.82) is 0 Å². The first kappa shape index (κ1) is 11.3. The van der Waals surface area contributed by atoms with E-state index in [-0.39, 0.29) is 6.04 Å². The van der Waals surface area contributed by atoms with E-state index in [9.17, 15) is 0 Å². The maximum absolute atomic E-state index is 6.14. The van der Waals surface area contributed by atoms with Crippen LogP contribution in [0.4, 0.5) is 0 Å². The molecule has 2 fully saturated rings. The van der Waals surface area contributed by atoms with E-state index >= 15 is 0 Å². The molecule has 3 unspecified atom stereocenters. The number of hydrogen-bond donors (Lipinski definition) is 1. The van der Waals surface area contributed by atoms with Gasteiger partial charge in [0.1, 0.15) is 0 Å². The molecule has 0 aromatic heterocycles. The molecule has 2 aliphatic heterocycles. The quantitative estimate of drug-likeness (QED) is 0.678. The molecular weight excluding hydrogens is 192 g/mol. The summed E-state index contributed by atoms with van der Waals surface area (Å²) >= 11 is 0. The lowest BCUT2D eigenvalue weighted by atomic mass is 10.0. The average Bonchev–Trinajstić information content (AvgIpc) is 2.43. The summed E-state index contributed by atoms with van der Waals surface area (Å²) in [5.74, 6) is 0. The van der Waals surface area contributed by atoms with Crippen molar-refractivity contribution in [2.75, 3.05) is 32.9 Å². The smallest absolute Gasteiger partial charge is 0.0674 e. The van der Waals surface area contributed by atoms with Crippen molar-refractivity contribution >= 4 is 0 Å². The third-order valence-corrected chi connectivity index (χ3v) is 3.33. The third kappa shape index (κ3) is 2.91. The van der Waals surface area contributed by atoms with Gasteiger partial charge in [-0.05, 0) is 19.8 Å². The van der Waals surface area contributed by atoms with Crippen LogP contribution in [0.15, 0.2) is 0 Å². The van der Waals surface area contributed by atoms with Gasteiger partial charge >= 0.3 is 0 Å². The van der Waals surface area contributed by atoms with Crippen LogP contribution in [0.1, 0.15) is 19.8 Å². The predicted octanol–water partition coefficient (Wildman–Crippen LogP) is 0.213. The lowest BCUT2D eigenvalue weighted by Gasteiger charge is -2.38. The Morgan fingerprint density at radius 3 is 3.00 bits per heavy atom. The second kappa shape index (κ2) is 5.25. The van der Waals surface area contributed by atoms with E-state index in [0.29, 0.717) is 12.1 Å². The Hall–Kier alpha value is -0.160. The first-order valence-corrected chi connectivity index (χ1v) is 5.96. The maximum atomic E-state index is 6.14. The molecule has 0 bridgehead atoms. The van der Waals surface area contributed by atoms with Crippen LogP contribution in [-0.4, -0.2) is 56.0 Å². The molecule has 15 heavy (non-hydrogen) atoms. The Morgan fingerprint density at radius 2 is 2.20 bits per heavy atom. The minimum Gasteiger partial charge on any atom is -0.380 e. The highest BCUT2D eigenvalue weighted by Gasteiger charge is 2.30. The molecule has 0 radical (unpaired) electrons. The van der Waals surface area contributed by atoms with Gasteiger partial charge in [-0.15, -0.1) is 0 Å². The Labute approximate surface area is 91.7 Å². The highest BCUT2D eigenvalue weighted by Crippen LogP contribution is 2.16. The first-order valence-electron chi connectivity index (χ1n) is 5.96. The van der Waals surface area contributed by atoms with Crippen molar-refractivity contribution < 1.29 is 9.47 Å². The van der Waals surface area contributed by atoms with E-state index < -0.39 is 0 Å². The van der Waals surface area contributed by atoms with Crippen molar-refractivity contribution in [3.05, 3.63) is 0 Å². The van der Waals surface area contributed by atoms with E-state index in [4.69, 9.17) is 15.2 Å². The fourth-order valence-electron chi connectivity index (χ4n) is 2.44. The van der Waals surface area contributed by atoms with Gasteiger partial charge in [0.25, 0.3) is 0 Å². The summed E-state index contributed by atoms with van der Waals surface area (Å²) in [4.78, 5) is 2.45. The summed E-state index contributed by atoms with van der Waals surface area (Å²) in [7, 11) is 0. The zero-order chi connectivity index (χ0) is 10.7. The minimum atomic E-state index is 0.268. The molecule has 2 rings (SSSR count). The lowest BCUT2D eigenvalue weighted by molar-refractivity contribution is -0.00471. The SMILES string of the molecule is CC1CN(C2COCCC2N)CCCO1. The molecule has 4 nitrogen and oxygen atoms in total. The number of nitrogens with two attached hydrogens (primary N) is 1. The first-order chi connectivity index (χ1) is 7.27. The summed E-state index contributed by atoms with van der Waals surface area (Å²) in [6, 6.07) is 0.659. The van der Waals surface area contributed by atoms with E-state index in [1.54, 1.807) is 0 Å². The Kier molecular flexibility index (Phi) is 3.97. The number of nitrogens with zero attached hydrogens (tertiary/aromatic N) is 1. The monoisotopic (exact) mass is 214 g/mol. The highest BCUT2D eigenvalue weighted by atomic mass is 16.5. The summed E-state index contributed by atoms with van der Waals surface area (Å²) < 4.78 is 11.2. The van der Waals surface area contributed by atoms with Crippen molar-refractivity contribution in [3.63, 3.8) is 0 Å². The zero-order valence-corrected chi connectivity index (χ0v) is 9.52. The molecule has 2 heterocycles. The standard InChI is InChI=1S/C11H22N2O2/c1-9-7-13(4-2-5-15-9)11-8-14-6-3-10(11)12/h9-11H,2-8,12H2,1H3. The van der Waals surface area contributed by atoms with E-state index in [1.165, 1.54) is 0 Å². The largest absolute Gasteiger partial charge is 0.380 e. The van der Waals surface area contributed by atoms with Crippen LogP contribution in [0.2, 0.25) is 0 Å². The molecule has 0 saturated carbocycles. The van der Waals surface area contributed by atoms with Crippen LogP contribution in [0.25, 0.3) is 0 Å². The van der Waals surface area contributed by atoms with Crippen LogP contribution in [0, 0.1) is 0 Å². The molecule has 2 aliphatic rings. The molecule has 3 atom stereocenters. The topological polar surface area (TPSA) is 47.7 Å². The maximum Gasteiger partial charge on any atom is 0.0674 e. The second-order valence-corrected chi connectivity index (χ2v) is 4.62. The van der Waals surface area contributed by atoms with Crippen LogP contribution in [0.3, 0.4) is 0 Å². The molecule has 0 spiro atoms.